The third-order valence-corrected chi connectivity index (χ3v) is 4.53. The Bertz CT molecular complexity index is 805. The van der Waals surface area contributed by atoms with E-state index < -0.39 is 0 Å². The maximum atomic E-state index is 12.4. The van der Waals surface area contributed by atoms with Crippen LogP contribution in [0.2, 0.25) is 0 Å². The second-order valence-corrected chi connectivity index (χ2v) is 6.43. The van der Waals surface area contributed by atoms with Gasteiger partial charge in [0.25, 0.3) is 6.20 Å². The monoisotopic (exact) mass is 391 g/mol. The number of methoxy groups -OCH3 is 3. The van der Waals surface area contributed by atoms with E-state index in [1.807, 2.05) is 5.01 Å². The average Bonchev–Trinajstić information content (AvgIpc) is 3.15. The molecule has 2 heterocycles. The number of aromatic nitrogens is 2. The van der Waals surface area contributed by atoms with Crippen molar-refractivity contribution in [2.45, 2.75) is 6.42 Å². The lowest BCUT2D eigenvalue weighted by Gasteiger charge is -2.26. The van der Waals surface area contributed by atoms with Crippen LogP contribution in [0.5, 0.6) is 17.2 Å². The Morgan fingerprint density at radius 2 is 1.79 bits per heavy atom. The fraction of sp³-hybridized carbons (Fsp3) is 0.500. The first kappa shape index (κ1) is 19.7. The predicted molar refractivity (Wildman–Crippen MR) is 99.0 cm³/mol. The maximum Gasteiger partial charge on any atom is 0.324 e. The van der Waals surface area contributed by atoms with Gasteiger partial charge >= 0.3 is 5.88 Å². The van der Waals surface area contributed by atoms with Crippen molar-refractivity contribution >= 4 is 11.8 Å². The van der Waals surface area contributed by atoms with Gasteiger partial charge in [-0.2, -0.15) is 5.01 Å². The molecule has 0 amide bonds. The molecule has 152 valence electrons. The Kier molecular flexibility index (Phi) is 6.19. The van der Waals surface area contributed by atoms with Crippen LogP contribution < -0.4 is 29.1 Å². The van der Waals surface area contributed by atoms with Crippen LogP contribution in [0.25, 0.3) is 0 Å². The number of hydrogen-bond acceptors (Lipinski definition) is 9. The van der Waals surface area contributed by atoms with E-state index in [9.17, 15) is 5.11 Å². The van der Waals surface area contributed by atoms with Crippen molar-refractivity contribution in [3.63, 3.8) is 0 Å². The van der Waals surface area contributed by atoms with Gasteiger partial charge in [0.2, 0.25) is 11.0 Å². The van der Waals surface area contributed by atoms with Crippen LogP contribution in [0, 0.1) is 0 Å². The zero-order chi connectivity index (χ0) is 20.1. The molecule has 0 spiro atoms. The highest BCUT2D eigenvalue weighted by atomic mass is 16.5. The molecule has 10 nitrogen and oxygen atoms in total. The van der Waals surface area contributed by atoms with Crippen LogP contribution in [-0.2, 0) is 6.42 Å². The van der Waals surface area contributed by atoms with E-state index in [1.165, 1.54) is 21.3 Å². The second kappa shape index (κ2) is 8.79. The third-order valence-electron chi connectivity index (χ3n) is 4.53. The molecule has 0 N–H and O–H groups in total. The first-order valence-corrected chi connectivity index (χ1v) is 8.90. The molecule has 0 atom stereocenters. The van der Waals surface area contributed by atoms with E-state index >= 15 is 0 Å². The SMILES string of the molecule is COc1cc(CC([O-])=Nc2c[n+](N3CCN(C)CC3)no2)cc(OC)c1OC. The molecular formula is C18H25N5O5. The van der Waals surface area contributed by atoms with E-state index in [4.69, 9.17) is 18.7 Å². The Morgan fingerprint density at radius 1 is 1.14 bits per heavy atom. The molecule has 1 aromatic heterocycles. The largest absolute Gasteiger partial charge is 0.861 e. The highest BCUT2D eigenvalue weighted by Crippen LogP contribution is 2.38. The standard InChI is InChI=1S/C18H25N5O5/c1-21-5-7-22(8-6-21)23-12-17(28-20-23)19-16(24)11-13-9-14(25-2)18(27-4)15(10-13)26-3/h9-10,12H,5-8,11H2,1-4H3. The van der Waals surface area contributed by atoms with E-state index in [0.29, 0.717) is 22.8 Å². The Balaban J connectivity index is 1.73. The molecule has 1 fully saturated rings. The van der Waals surface area contributed by atoms with Gasteiger partial charge in [-0.25, -0.2) is 4.99 Å². The van der Waals surface area contributed by atoms with Crippen LogP contribution in [0.15, 0.2) is 27.8 Å². The predicted octanol–water partition coefficient (Wildman–Crippen LogP) is -0.496. The van der Waals surface area contributed by atoms with Crippen molar-refractivity contribution in [1.82, 2.24) is 10.2 Å². The van der Waals surface area contributed by atoms with Crippen molar-refractivity contribution < 1.29 is 28.6 Å². The van der Waals surface area contributed by atoms with Crippen LogP contribution >= 0.6 is 0 Å². The molecule has 3 rings (SSSR count). The molecule has 2 aromatic rings. The molecule has 0 aliphatic carbocycles. The summed E-state index contributed by atoms with van der Waals surface area (Å²) >= 11 is 0. The topological polar surface area (TPSA) is 99.5 Å². The van der Waals surface area contributed by atoms with Gasteiger partial charge in [0.05, 0.1) is 39.2 Å². The molecule has 0 unspecified atom stereocenters. The smallest absolute Gasteiger partial charge is 0.324 e. The number of nitrogens with zero attached hydrogens (tertiary/aromatic N) is 5. The lowest BCUT2D eigenvalue weighted by molar-refractivity contribution is -0.759. The van der Waals surface area contributed by atoms with Gasteiger partial charge in [0.15, 0.2) is 11.5 Å². The van der Waals surface area contributed by atoms with Gasteiger partial charge in [-0.15, -0.1) is 0 Å². The number of piperazine rings is 1. The summed E-state index contributed by atoms with van der Waals surface area (Å²) in [4.78, 5) is 7.83. The highest BCUT2D eigenvalue weighted by Gasteiger charge is 2.24. The molecule has 1 aromatic carbocycles. The first-order valence-electron chi connectivity index (χ1n) is 8.90. The summed E-state index contributed by atoms with van der Waals surface area (Å²) in [6.07, 6.45) is 1.67. The summed E-state index contributed by atoms with van der Waals surface area (Å²) in [5.74, 6) is 1.24. The lowest BCUT2D eigenvalue weighted by Crippen LogP contribution is -2.64. The van der Waals surface area contributed by atoms with Crippen molar-refractivity contribution in [1.29, 1.82) is 0 Å². The third kappa shape index (κ3) is 4.45. The first-order chi connectivity index (χ1) is 13.5. The molecule has 1 aliphatic rings. The number of aliphatic imine (C=N–C) groups is 1. The number of hydrogen-bond donors (Lipinski definition) is 0. The number of rotatable bonds is 7. The quantitative estimate of drug-likeness (QED) is 0.354. The van der Waals surface area contributed by atoms with E-state index in [0.717, 1.165) is 26.2 Å². The Labute approximate surface area is 163 Å². The minimum Gasteiger partial charge on any atom is -0.861 e. The highest BCUT2D eigenvalue weighted by molar-refractivity contribution is 5.77. The number of ether oxygens (including phenoxy) is 3. The molecule has 10 heteroatoms. The minimum absolute atomic E-state index is 0.0614. The fourth-order valence-corrected chi connectivity index (χ4v) is 2.99. The second-order valence-electron chi connectivity index (χ2n) is 6.43. The summed E-state index contributed by atoms with van der Waals surface area (Å²) in [5, 5.41) is 18.4. The minimum atomic E-state index is -0.365. The van der Waals surface area contributed by atoms with Crippen LogP contribution in [-0.4, -0.2) is 70.6 Å². The molecule has 1 saturated heterocycles. The van der Waals surface area contributed by atoms with Crippen molar-refractivity contribution in [2.24, 2.45) is 4.99 Å². The molecule has 0 bridgehead atoms. The normalized spacial score (nSPS) is 15.6. The molecule has 28 heavy (non-hydrogen) atoms. The van der Waals surface area contributed by atoms with E-state index in [-0.39, 0.29) is 18.2 Å². The number of benzene rings is 1. The summed E-state index contributed by atoms with van der Waals surface area (Å²) < 4.78 is 21.1. The van der Waals surface area contributed by atoms with Crippen molar-refractivity contribution in [3.8, 4) is 17.2 Å². The van der Waals surface area contributed by atoms with Gasteiger partial charge in [-0.1, -0.05) is 0 Å². The van der Waals surface area contributed by atoms with Crippen LogP contribution in [0.1, 0.15) is 5.56 Å². The van der Waals surface area contributed by atoms with Crippen molar-refractivity contribution in [2.75, 3.05) is 59.6 Å². The summed E-state index contributed by atoms with van der Waals surface area (Å²) in [6.45, 7) is 3.53. The van der Waals surface area contributed by atoms with Crippen LogP contribution in [0.3, 0.4) is 0 Å². The molecule has 1 aliphatic heterocycles. The van der Waals surface area contributed by atoms with Gasteiger partial charge < -0.3 is 24.2 Å². The fourth-order valence-electron chi connectivity index (χ4n) is 2.99. The lowest BCUT2D eigenvalue weighted by atomic mass is 10.1. The summed E-state index contributed by atoms with van der Waals surface area (Å²) in [7, 11) is 6.66. The van der Waals surface area contributed by atoms with Crippen LogP contribution in [0.4, 0.5) is 5.88 Å². The van der Waals surface area contributed by atoms with Gasteiger partial charge in [-0.05, 0) is 30.6 Å². The van der Waals surface area contributed by atoms with Gasteiger partial charge in [-0.3, -0.25) is 4.52 Å². The molecular weight excluding hydrogens is 366 g/mol. The van der Waals surface area contributed by atoms with Gasteiger partial charge in [0, 0.05) is 19.5 Å². The summed E-state index contributed by atoms with van der Waals surface area (Å²) in [6, 6.07) is 3.44. The molecule has 0 radical (unpaired) electrons. The zero-order valence-corrected chi connectivity index (χ0v) is 16.5. The number of likely N-dealkylation sites (N-methyl/N-ethyl adjacent to an activating group) is 1. The van der Waals surface area contributed by atoms with E-state index in [1.54, 1.807) is 23.1 Å². The zero-order valence-electron chi connectivity index (χ0n) is 16.5. The maximum absolute atomic E-state index is 12.4. The molecule has 0 saturated carbocycles. The summed E-state index contributed by atoms with van der Waals surface area (Å²) in [5.41, 5.74) is 0.690. The van der Waals surface area contributed by atoms with Gasteiger partial charge in [0.1, 0.15) is 0 Å². The average molecular weight is 391 g/mol. The Hall–Kier alpha value is -3.01. The Morgan fingerprint density at radius 3 is 2.36 bits per heavy atom. The van der Waals surface area contributed by atoms with Crippen molar-refractivity contribution in [3.05, 3.63) is 23.9 Å². The van der Waals surface area contributed by atoms with E-state index in [2.05, 4.69) is 22.2 Å².